The van der Waals surface area contributed by atoms with Crippen LogP contribution < -0.4 is 14.9 Å². The van der Waals surface area contributed by atoms with E-state index in [9.17, 15) is 9.90 Å². The van der Waals surface area contributed by atoms with Gasteiger partial charge in [0.2, 0.25) is 5.78 Å². The van der Waals surface area contributed by atoms with Gasteiger partial charge in [0.25, 0.3) is 0 Å². The van der Waals surface area contributed by atoms with Crippen molar-refractivity contribution in [1.82, 2.24) is 14.4 Å². The van der Waals surface area contributed by atoms with E-state index >= 15 is 0 Å². The van der Waals surface area contributed by atoms with E-state index in [0.29, 0.717) is 16.6 Å². The molecule has 0 fully saturated rings. The maximum atomic E-state index is 13.2. The van der Waals surface area contributed by atoms with Crippen LogP contribution in [0.3, 0.4) is 0 Å². The van der Waals surface area contributed by atoms with E-state index in [4.69, 9.17) is 4.98 Å². The number of rotatable bonds is 0. The van der Waals surface area contributed by atoms with Crippen molar-refractivity contribution in [2.75, 3.05) is 34.2 Å². The maximum Gasteiger partial charge on any atom is 0.218 e. The Morgan fingerprint density at radius 1 is 1.26 bits per heavy atom. The summed E-state index contributed by atoms with van der Waals surface area (Å²) in [4.78, 5) is 20.2. The van der Waals surface area contributed by atoms with Gasteiger partial charge < -0.3 is 10.0 Å². The first-order chi connectivity index (χ1) is 12.8. The Labute approximate surface area is 164 Å². The average Bonchev–Trinajstić information content (AvgIpc) is 2.59. The minimum Gasteiger partial charge on any atom is -0.502 e. The zero-order valence-corrected chi connectivity index (χ0v) is 17.0. The number of Topliss-reactive ketones (excluding diaryl/α,β-unsaturated/α-hetero) is 1. The molecule has 1 aromatic heterocycles. The molecule has 6 heteroatoms. The van der Waals surface area contributed by atoms with Gasteiger partial charge in [0.1, 0.15) is 6.54 Å². The highest BCUT2D eigenvalue weighted by atomic mass is 79.9. The van der Waals surface area contributed by atoms with Crippen LogP contribution in [0.15, 0.2) is 22.7 Å². The molecule has 0 radical (unpaired) electrons. The quantitative estimate of drug-likeness (QED) is 0.443. The average molecular weight is 425 g/mol. The lowest BCUT2D eigenvalue weighted by Gasteiger charge is -2.35. The zero-order chi connectivity index (χ0) is 19.1. The lowest BCUT2D eigenvalue weighted by molar-refractivity contribution is 0.0957. The summed E-state index contributed by atoms with van der Waals surface area (Å²) in [5.74, 6) is 0.328. The molecule has 2 aliphatic rings. The minimum absolute atomic E-state index is 0.0826. The van der Waals surface area contributed by atoms with Crippen LogP contribution >= 0.6 is 15.9 Å². The van der Waals surface area contributed by atoms with Crippen molar-refractivity contribution in [3.63, 3.8) is 0 Å². The Kier molecular flexibility index (Phi) is 3.28. The Balaban J connectivity index is 2.16. The first kappa shape index (κ1) is 16.7. The molecule has 0 saturated heterocycles. The van der Waals surface area contributed by atoms with Crippen molar-refractivity contribution in [1.29, 1.82) is 0 Å². The number of nitrogens with zero attached hydrogens (tertiary/aromatic N) is 3. The summed E-state index contributed by atoms with van der Waals surface area (Å²) < 4.78 is 1.21. The number of carbonyl (C=O) groups excluding carboxylic acids is 1. The number of benzene rings is 2. The molecular formula is C21H19BrN3O2+. The molecule has 0 atom stereocenters. The van der Waals surface area contributed by atoms with E-state index in [1.807, 2.05) is 50.4 Å². The second kappa shape index (κ2) is 5.30. The summed E-state index contributed by atoms with van der Waals surface area (Å²) >= 11 is 3.51. The largest absolute Gasteiger partial charge is 0.502 e. The fourth-order valence-corrected chi connectivity index (χ4v) is 4.76. The molecule has 0 aliphatic carbocycles. The van der Waals surface area contributed by atoms with E-state index in [1.54, 1.807) is 0 Å². The summed E-state index contributed by atoms with van der Waals surface area (Å²) in [6, 6.07) is 5.83. The monoisotopic (exact) mass is 424 g/mol. The van der Waals surface area contributed by atoms with Gasteiger partial charge in [0.05, 0.1) is 30.5 Å². The van der Waals surface area contributed by atoms with Gasteiger partial charge in [-0.3, -0.25) is 9.28 Å². The fraction of sp³-hybridized carbons (Fsp3) is 0.238. The van der Waals surface area contributed by atoms with Crippen molar-refractivity contribution < 1.29 is 9.90 Å². The second-order valence-corrected chi connectivity index (χ2v) is 8.85. The number of phenolic OH excluding ortho intramolecular Hbond substituents is 1. The standard InChI is InChI=1S/C21H18BrN3O2/c1-24-7-6-12-14(9-24)21(27)20-18-17(16(26)10-25(20,2)3)13-8-11(22)4-5-15(13)23-19(12)18/h4-6,8-9H,7,10H2,1-3H3/p+1. The van der Waals surface area contributed by atoms with E-state index in [-0.39, 0.29) is 11.5 Å². The van der Waals surface area contributed by atoms with Crippen LogP contribution in [0.2, 0.25) is 0 Å². The molecule has 27 heavy (non-hydrogen) atoms. The fourth-order valence-electron chi connectivity index (χ4n) is 4.40. The van der Waals surface area contributed by atoms with Crippen molar-refractivity contribution in [2.24, 2.45) is 0 Å². The molecular weight excluding hydrogens is 406 g/mol. The van der Waals surface area contributed by atoms with Gasteiger partial charge in [-0.2, -0.15) is 0 Å². The molecule has 5 rings (SSSR count). The summed E-state index contributed by atoms with van der Waals surface area (Å²) in [7, 11) is 5.90. The smallest absolute Gasteiger partial charge is 0.218 e. The van der Waals surface area contributed by atoms with E-state index in [1.165, 1.54) is 0 Å². The van der Waals surface area contributed by atoms with Crippen LogP contribution in [0.25, 0.3) is 34.1 Å². The number of carbonyl (C=O) groups is 1. The zero-order valence-electron chi connectivity index (χ0n) is 15.4. The third-order valence-corrected chi connectivity index (χ3v) is 6.06. The lowest BCUT2D eigenvalue weighted by atomic mass is 9.91. The van der Waals surface area contributed by atoms with E-state index in [0.717, 1.165) is 48.9 Å². The minimum atomic E-state index is 0.0826. The van der Waals surface area contributed by atoms with Crippen LogP contribution in [0.1, 0.15) is 10.4 Å². The molecule has 0 amide bonds. The predicted molar refractivity (Wildman–Crippen MR) is 112 cm³/mol. The predicted octanol–water partition coefficient (Wildman–Crippen LogP) is 2.08. The van der Waals surface area contributed by atoms with Crippen LogP contribution in [0.4, 0.5) is 5.69 Å². The molecule has 2 aliphatic heterocycles. The van der Waals surface area contributed by atoms with Gasteiger partial charge in [-0.15, -0.1) is 0 Å². The Hall–Kier alpha value is -2.44. The number of phenols is 1. The Morgan fingerprint density at radius 3 is 2.81 bits per heavy atom. The van der Waals surface area contributed by atoms with Crippen LogP contribution in [0, 0.1) is 0 Å². The van der Waals surface area contributed by atoms with Crippen molar-refractivity contribution in [3.8, 4) is 5.75 Å². The van der Waals surface area contributed by atoms with Crippen LogP contribution in [-0.4, -0.2) is 55.0 Å². The number of likely N-dealkylation sites (N-methyl/N-ethyl adjacent to an activating group) is 1. The molecule has 3 heterocycles. The second-order valence-electron chi connectivity index (χ2n) is 7.94. The highest BCUT2D eigenvalue weighted by molar-refractivity contribution is 9.10. The molecule has 136 valence electrons. The molecule has 0 unspecified atom stereocenters. The number of aromatic hydroxyl groups is 1. The molecule has 0 spiro atoms. The topological polar surface area (TPSA) is 53.4 Å². The van der Waals surface area contributed by atoms with Gasteiger partial charge in [-0.05, 0) is 18.2 Å². The van der Waals surface area contributed by atoms with Gasteiger partial charge in [0, 0.05) is 45.7 Å². The normalized spacial score (nSPS) is 17.6. The van der Waals surface area contributed by atoms with Crippen LogP contribution in [0.5, 0.6) is 5.75 Å². The first-order valence-corrected chi connectivity index (χ1v) is 9.64. The number of hydrogen-bond donors (Lipinski definition) is 1. The first-order valence-electron chi connectivity index (χ1n) is 8.85. The number of aromatic nitrogens is 1. The van der Waals surface area contributed by atoms with E-state index < -0.39 is 0 Å². The summed E-state index contributed by atoms with van der Waals surface area (Å²) in [6.45, 7) is 1.04. The number of ketones is 1. The highest BCUT2D eigenvalue weighted by Gasteiger charge is 2.39. The third kappa shape index (κ3) is 2.20. The molecule has 3 aromatic rings. The number of halogens is 1. The maximum absolute atomic E-state index is 13.2. The summed E-state index contributed by atoms with van der Waals surface area (Å²) in [5, 5.41) is 14.5. The molecule has 5 nitrogen and oxygen atoms in total. The van der Waals surface area contributed by atoms with Gasteiger partial charge in [-0.25, -0.2) is 4.98 Å². The molecule has 0 bridgehead atoms. The van der Waals surface area contributed by atoms with Gasteiger partial charge in [0.15, 0.2) is 11.4 Å². The molecule has 1 N–H and O–H groups in total. The number of pyridine rings is 1. The van der Waals surface area contributed by atoms with Gasteiger partial charge >= 0.3 is 0 Å². The van der Waals surface area contributed by atoms with Gasteiger partial charge in [-0.1, -0.05) is 22.0 Å². The van der Waals surface area contributed by atoms with E-state index in [2.05, 4.69) is 22.0 Å². The highest BCUT2D eigenvalue weighted by Crippen LogP contribution is 2.42. The number of hydrogen-bond acceptors (Lipinski definition) is 4. The Morgan fingerprint density at radius 2 is 2.04 bits per heavy atom. The number of fused-ring (bicyclic) bond motifs is 4. The summed E-state index contributed by atoms with van der Waals surface area (Å²) in [6.07, 6.45) is 4.04. The third-order valence-electron chi connectivity index (χ3n) is 5.56. The SMILES string of the molecule is CN1C=c2c(O)c3c4c(c5cc(Br)ccc5nc4c2=CC1)C(=O)C[N+]3(C)C. The van der Waals surface area contributed by atoms with Crippen molar-refractivity contribution in [3.05, 3.63) is 38.7 Å². The van der Waals surface area contributed by atoms with Crippen molar-refractivity contribution in [2.45, 2.75) is 0 Å². The summed E-state index contributed by atoms with van der Waals surface area (Å²) in [5.41, 5.74) is 3.04. The lowest BCUT2D eigenvalue weighted by Crippen LogP contribution is -2.49. The Bertz CT molecular complexity index is 1310. The molecule has 2 aromatic carbocycles. The van der Waals surface area contributed by atoms with Crippen LogP contribution in [-0.2, 0) is 0 Å². The number of quaternary nitrogens is 1. The van der Waals surface area contributed by atoms with Crippen molar-refractivity contribution >= 4 is 61.5 Å². The molecule has 0 saturated carbocycles.